The van der Waals surface area contributed by atoms with Crippen molar-refractivity contribution in [3.8, 4) is 5.75 Å². The number of piperidine rings is 1. The maximum absolute atomic E-state index is 15.4. The summed E-state index contributed by atoms with van der Waals surface area (Å²) >= 11 is 1.98. The maximum Gasteiger partial charge on any atom is 0.303 e. The third-order valence-corrected chi connectivity index (χ3v) is 7.88. The fourth-order valence-corrected chi connectivity index (χ4v) is 5.76. The van der Waals surface area contributed by atoms with Gasteiger partial charge in [-0.1, -0.05) is 6.92 Å². The van der Waals surface area contributed by atoms with Crippen molar-refractivity contribution in [2.45, 2.75) is 51.6 Å². The van der Waals surface area contributed by atoms with E-state index in [2.05, 4.69) is 16.8 Å². The van der Waals surface area contributed by atoms with Crippen LogP contribution in [-0.2, 0) is 4.79 Å². The Morgan fingerprint density at radius 2 is 2.15 bits per heavy atom. The minimum Gasteiger partial charge on any atom is -0.497 e. The van der Waals surface area contributed by atoms with E-state index in [-0.39, 0.29) is 6.42 Å². The van der Waals surface area contributed by atoms with Gasteiger partial charge in [0.25, 0.3) is 0 Å². The fourth-order valence-electron chi connectivity index (χ4n) is 4.88. The number of alkyl halides is 1. The molecule has 1 aromatic heterocycles. The van der Waals surface area contributed by atoms with Gasteiger partial charge in [-0.25, -0.2) is 4.39 Å². The number of hydrogen-bond acceptors (Lipinski definition) is 5. The highest BCUT2D eigenvalue weighted by Crippen LogP contribution is 2.36. The molecule has 0 bridgehead atoms. The molecule has 1 fully saturated rings. The minimum atomic E-state index is -1.08. The van der Waals surface area contributed by atoms with E-state index in [0.29, 0.717) is 36.0 Å². The molecule has 1 saturated heterocycles. The summed E-state index contributed by atoms with van der Waals surface area (Å²) in [5.74, 6) is 2.94. The van der Waals surface area contributed by atoms with E-state index >= 15 is 4.39 Å². The van der Waals surface area contributed by atoms with Gasteiger partial charge in [0.05, 0.1) is 12.6 Å². The van der Waals surface area contributed by atoms with Gasteiger partial charge in [0.1, 0.15) is 11.9 Å². The first-order valence-electron chi connectivity index (χ1n) is 12.1. The summed E-state index contributed by atoms with van der Waals surface area (Å²) < 4.78 is 20.8. The van der Waals surface area contributed by atoms with Crippen molar-refractivity contribution >= 4 is 28.6 Å². The Hall–Kier alpha value is -1.86. The lowest BCUT2D eigenvalue weighted by molar-refractivity contribution is -0.137. The largest absolute Gasteiger partial charge is 0.497 e. The Bertz CT molecular complexity index is 897. The van der Waals surface area contributed by atoms with Crippen molar-refractivity contribution < 1.29 is 19.0 Å². The lowest BCUT2D eigenvalue weighted by atomic mass is 9.79. The SMILES string of the molecule is CCCSCCN1CC[C@@H](CC[C@@H](F)c2ccnc3ccc(OC)cc23)[C@H](CCC(=O)O)C1. The summed E-state index contributed by atoms with van der Waals surface area (Å²) in [6.45, 7) is 5.20. The van der Waals surface area contributed by atoms with Gasteiger partial charge in [-0.3, -0.25) is 9.78 Å². The Kier molecular flexibility index (Phi) is 10.3. The van der Waals surface area contributed by atoms with E-state index in [4.69, 9.17) is 4.74 Å². The number of hydrogen-bond donors (Lipinski definition) is 1. The molecule has 5 nitrogen and oxygen atoms in total. The number of carboxylic acids is 1. The molecule has 1 aliphatic rings. The van der Waals surface area contributed by atoms with Crippen LogP contribution in [0.5, 0.6) is 5.75 Å². The molecule has 3 atom stereocenters. The highest BCUT2D eigenvalue weighted by molar-refractivity contribution is 7.99. The molecule has 1 N–H and O–H groups in total. The molecule has 0 saturated carbocycles. The third kappa shape index (κ3) is 7.57. The number of benzene rings is 1. The molecular formula is C26H37FN2O3S. The summed E-state index contributed by atoms with van der Waals surface area (Å²) in [4.78, 5) is 18.0. The molecule has 182 valence electrons. The first-order valence-corrected chi connectivity index (χ1v) is 13.3. The highest BCUT2D eigenvalue weighted by Gasteiger charge is 2.30. The van der Waals surface area contributed by atoms with Gasteiger partial charge in [-0.15, -0.1) is 0 Å². The number of methoxy groups -OCH3 is 1. The molecule has 2 aromatic rings. The van der Waals surface area contributed by atoms with E-state index in [1.165, 1.54) is 12.2 Å². The molecule has 0 unspecified atom stereocenters. The van der Waals surface area contributed by atoms with Crippen molar-refractivity contribution in [1.29, 1.82) is 0 Å². The fraction of sp³-hybridized carbons (Fsp3) is 0.615. The Morgan fingerprint density at radius 3 is 2.91 bits per heavy atom. The van der Waals surface area contributed by atoms with Gasteiger partial charge in [0.2, 0.25) is 0 Å². The molecule has 1 aliphatic heterocycles. The summed E-state index contributed by atoms with van der Waals surface area (Å²) in [6.07, 6.45) is 4.87. The number of carbonyl (C=O) groups is 1. The molecule has 1 aromatic carbocycles. The number of likely N-dealkylation sites (tertiary alicyclic amines) is 1. The molecule has 0 radical (unpaired) electrons. The number of nitrogens with zero attached hydrogens (tertiary/aromatic N) is 2. The van der Waals surface area contributed by atoms with Crippen molar-refractivity contribution in [1.82, 2.24) is 9.88 Å². The number of carboxylic acid groups (broad SMARTS) is 1. The number of ether oxygens (including phenoxy) is 1. The van der Waals surface area contributed by atoms with Crippen LogP contribution in [0.25, 0.3) is 10.9 Å². The lowest BCUT2D eigenvalue weighted by Crippen LogP contribution is -2.41. The highest BCUT2D eigenvalue weighted by atomic mass is 32.2. The number of aliphatic carboxylic acids is 1. The first kappa shape index (κ1) is 25.8. The minimum absolute atomic E-state index is 0.188. The van der Waals surface area contributed by atoms with Crippen LogP contribution in [0.3, 0.4) is 0 Å². The zero-order valence-electron chi connectivity index (χ0n) is 19.8. The first-order chi connectivity index (χ1) is 16.0. The number of pyridine rings is 1. The van der Waals surface area contributed by atoms with Gasteiger partial charge < -0.3 is 14.7 Å². The number of thioether (sulfide) groups is 1. The average Bonchev–Trinajstić information content (AvgIpc) is 2.83. The van der Waals surface area contributed by atoms with Crippen LogP contribution >= 0.6 is 11.8 Å². The van der Waals surface area contributed by atoms with Crippen LogP contribution in [-0.4, -0.2) is 59.2 Å². The molecule has 2 heterocycles. The second-order valence-electron chi connectivity index (χ2n) is 8.98. The number of halogens is 1. The standard InChI is InChI=1S/C26H37FN2O3S/c1-3-15-33-16-14-29-13-11-19(20(18-29)5-9-26(30)31)4-7-24(27)22-10-12-28-25-8-6-21(32-2)17-23(22)25/h6,8,10,12,17,19-20,24H,3-5,7,9,11,13-16,18H2,1-2H3,(H,30,31)/t19-,20-,24-/m1/s1. The Balaban J connectivity index is 1.62. The smallest absolute Gasteiger partial charge is 0.303 e. The second kappa shape index (κ2) is 13.1. The van der Waals surface area contributed by atoms with Crippen LogP contribution in [0.4, 0.5) is 4.39 Å². The molecular weight excluding hydrogens is 439 g/mol. The van der Waals surface area contributed by atoms with Crippen LogP contribution in [0, 0.1) is 11.8 Å². The second-order valence-corrected chi connectivity index (χ2v) is 10.2. The molecule has 33 heavy (non-hydrogen) atoms. The van der Waals surface area contributed by atoms with Crippen LogP contribution in [0.15, 0.2) is 30.5 Å². The molecule has 3 rings (SSSR count). The van der Waals surface area contributed by atoms with E-state index in [1.54, 1.807) is 19.4 Å². The summed E-state index contributed by atoms with van der Waals surface area (Å²) in [7, 11) is 1.61. The van der Waals surface area contributed by atoms with E-state index < -0.39 is 12.1 Å². The van der Waals surface area contributed by atoms with Gasteiger partial charge >= 0.3 is 5.97 Å². The van der Waals surface area contributed by atoms with E-state index in [9.17, 15) is 9.90 Å². The molecule has 0 amide bonds. The predicted molar refractivity (Wildman–Crippen MR) is 134 cm³/mol. The van der Waals surface area contributed by atoms with Crippen molar-refractivity contribution in [3.63, 3.8) is 0 Å². The summed E-state index contributed by atoms with van der Waals surface area (Å²) in [6, 6.07) is 7.33. The van der Waals surface area contributed by atoms with E-state index in [1.807, 2.05) is 30.0 Å². The molecule has 0 spiro atoms. The summed E-state index contributed by atoms with van der Waals surface area (Å²) in [5.41, 5.74) is 1.43. The topological polar surface area (TPSA) is 62.7 Å². The van der Waals surface area contributed by atoms with Crippen LogP contribution < -0.4 is 4.74 Å². The van der Waals surface area contributed by atoms with Crippen LogP contribution in [0.2, 0.25) is 0 Å². The van der Waals surface area contributed by atoms with Crippen molar-refractivity contribution in [2.24, 2.45) is 11.8 Å². The summed E-state index contributed by atoms with van der Waals surface area (Å²) in [5, 5.41) is 10.0. The van der Waals surface area contributed by atoms with Crippen molar-refractivity contribution in [2.75, 3.05) is 38.2 Å². The average molecular weight is 477 g/mol. The van der Waals surface area contributed by atoms with Crippen LogP contribution in [0.1, 0.15) is 57.2 Å². The number of aromatic nitrogens is 1. The third-order valence-electron chi connectivity index (χ3n) is 6.72. The normalized spacial score (nSPS) is 20.1. The van der Waals surface area contributed by atoms with E-state index in [0.717, 1.165) is 49.1 Å². The van der Waals surface area contributed by atoms with Gasteiger partial charge in [0.15, 0.2) is 0 Å². The monoisotopic (exact) mass is 476 g/mol. The lowest BCUT2D eigenvalue weighted by Gasteiger charge is -2.39. The predicted octanol–water partition coefficient (Wildman–Crippen LogP) is 5.98. The zero-order chi connectivity index (χ0) is 23.6. The zero-order valence-corrected chi connectivity index (χ0v) is 20.7. The van der Waals surface area contributed by atoms with Gasteiger partial charge in [-0.2, -0.15) is 11.8 Å². The van der Waals surface area contributed by atoms with Crippen molar-refractivity contribution in [3.05, 3.63) is 36.0 Å². The number of rotatable bonds is 13. The van der Waals surface area contributed by atoms with Gasteiger partial charge in [0, 0.05) is 36.8 Å². The quantitative estimate of drug-likeness (QED) is 0.359. The molecule has 7 heteroatoms. The maximum atomic E-state index is 15.4. The Morgan fingerprint density at radius 1 is 1.30 bits per heavy atom. The number of fused-ring (bicyclic) bond motifs is 1. The molecule has 0 aliphatic carbocycles. The van der Waals surface area contributed by atoms with Gasteiger partial charge in [-0.05, 0) is 86.1 Å². The Labute approximate surface area is 201 Å².